The van der Waals surface area contributed by atoms with Crippen LogP contribution in [0.25, 0.3) is 0 Å². The smallest absolute Gasteiger partial charge is 0.0713 e. The molecule has 1 aliphatic rings. The Labute approximate surface area is 123 Å². The van der Waals surface area contributed by atoms with Gasteiger partial charge in [-0.15, -0.1) is 0 Å². The van der Waals surface area contributed by atoms with Gasteiger partial charge in [-0.05, 0) is 42.9 Å². The van der Waals surface area contributed by atoms with Crippen LogP contribution in [0.1, 0.15) is 57.4 Å². The Morgan fingerprint density at radius 2 is 2.10 bits per heavy atom. The molecule has 1 fully saturated rings. The predicted octanol–water partition coefficient (Wildman–Crippen LogP) is 4.99. The Morgan fingerprint density at radius 1 is 1.20 bits per heavy atom. The van der Waals surface area contributed by atoms with Gasteiger partial charge in [0.2, 0.25) is 0 Å². The summed E-state index contributed by atoms with van der Waals surface area (Å²) >= 11 is 0. The van der Waals surface area contributed by atoms with Gasteiger partial charge in [0.25, 0.3) is 0 Å². The lowest BCUT2D eigenvalue weighted by atomic mass is 9.95. The molecule has 0 amide bonds. The molecular weight excluding hydrogens is 246 g/mol. The van der Waals surface area contributed by atoms with Crippen molar-refractivity contribution in [2.75, 3.05) is 12.4 Å². The molecule has 1 aromatic carbocycles. The van der Waals surface area contributed by atoms with E-state index in [2.05, 4.69) is 36.5 Å². The van der Waals surface area contributed by atoms with Crippen LogP contribution in [0.4, 0.5) is 5.69 Å². The number of nitrogens with one attached hydrogen (secondary N) is 1. The molecule has 2 heteroatoms. The third kappa shape index (κ3) is 4.82. The molecule has 0 spiro atoms. The standard InChI is InChI=1S/C18H29NO/c1-3-6-15-7-4-9-17(12-11-15)19-18-10-5-8-16(13-18)14-20-2/h5,8,10,13,15,17,19H,3-4,6-7,9,11-12,14H2,1-2H3. The van der Waals surface area contributed by atoms with Crippen LogP contribution in [0.5, 0.6) is 0 Å². The maximum Gasteiger partial charge on any atom is 0.0713 e. The van der Waals surface area contributed by atoms with Gasteiger partial charge in [-0.2, -0.15) is 0 Å². The van der Waals surface area contributed by atoms with E-state index >= 15 is 0 Å². The van der Waals surface area contributed by atoms with E-state index in [1.165, 1.54) is 56.2 Å². The second kappa shape index (κ2) is 8.31. The molecule has 0 radical (unpaired) electrons. The second-order valence-corrected chi connectivity index (χ2v) is 6.14. The van der Waals surface area contributed by atoms with Gasteiger partial charge >= 0.3 is 0 Å². The van der Waals surface area contributed by atoms with Crippen molar-refractivity contribution in [3.8, 4) is 0 Å². The number of anilines is 1. The summed E-state index contributed by atoms with van der Waals surface area (Å²) in [7, 11) is 1.75. The molecule has 1 aromatic rings. The molecule has 0 aliphatic heterocycles. The fraction of sp³-hybridized carbons (Fsp3) is 0.667. The minimum Gasteiger partial charge on any atom is -0.382 e. The number of rotatable bonds is 6. The summed E-state index contributed by atoms with van der Waals surface area (Å²) in [5, 5.41) is 3.73. The van der Waals surface area contributed by atoms with Crippen molar-refractivity contribution in [1.82, 2.24) is 0 Å². The molecule has 2 nitrogen and oxygen atoms in total. The lowest BCUT2D eigenvalue weighted by molar-refractivity contribution is 0.185. The van der Waals surface area contributed by atoms with Gasteiger partial charge < -0.3 is 10.1 Å². The Balaban J connectivity index is 1.88. The fourth-order valence-electron chi connectivity index (χ4n) is 3.37. The Morgan fingerprint density at radius 3 is 2.90 bits per heavy atom. The lowest BCUT2D eigenvalue weighted by Crippen LogP contribution is -2.18. The highest BCUT2D eigenvalue weighted by Gasteiger charge is 2.18. The van der Waals surface area contributed by atoms with Crippen molar-refractivity contribution >= 4 is 5.69 Å². The largest absolute Gasteiger partial charge is 0.382 e. The van der Waals surface area contributed by atoms with Gasteiger partial charge in [0.15, 0.2) is 0 Å². The molecule has 2 unspecified atom stereocenters. The molecule has 0 aromatic heterocycles. The SMILES string of the molecule is CCCC1CCCC(Nc2cccc(COC)c2)CC1. The first kappa shape index (κ1) is 15.4. The number of methoxy groups -OCH3 is 1. The van der Waals surface area contributed by atoms with Crippen LogP contribution < -0.4 is 5.32 Å². The molecular formula is C18H29NO. The van der Waals surface area contributed by atoms with Crippen LogP contribution in [0, 0.1) is 5.92 Å². The van der Waals surface area contributed by atoms with Crippen molar-refractivity contribution in [3.05, 3.63) is 29.8 Å². The zero-order chi connectivity index (χ0) is 14.2. The van der Waals surface area contributed by atoms with E-state index in [1.807, 2.05) is 0 Å². The molecule has 1 saturated carbocycles. The summed E-state index contributed by atoms with van der Waals surface area (Å²) in [5.74, 6) is 0.964. The first-order valence-corrected chi connectivity index (χ1v) is 8.16. The van der Waals surface area contributed by atoms with Crippen LogP contribution in [-0.2, 0) is 11.3 Å². The van der Waals surface area contributed by atoms with Crippen LogP contribution in [0.2, 0.25) is 0 Å². The number of benzene rings is 1. The maximum absolute atomic E-state index is 5.21. The third-order valence-electron chi connectivity index (χ3n) is 4.39. The van der Waals surface area contributed by atoms with E-state index in [9.17, 15) is 0 Å². The highest BCUT2D eigenvalue weighted by Crippen LogP contribution is 2.28. The van der Waals surface area contributed by atoms with E-state index < -0.39 is 0 Å². The molecule has 2 rings (SSSR count). The summed E-state index contributed by atoms with van der Waals surface area (Å²) in [6, 6.07) is 9.28. The average Bonchev–Trinajstić information content (AvgIpc) is 2.66. The third-order valence-corrected chi connectivity index (χ3v) is 4.39. The Hall–Kier alpha value is -1.02. The quantitative estimate of drug-likeness (QED) is 0.738. The molecule has 0 heterocycles. The first-order chi connectivity index (χ1) is 9.81. The van der Waals surface area contributed by atoms with E-state index in [-0.39, 0.29) is 0 Å². The van der Waals surface area contributed by atoms with Crippen molar-refractivity contribution in [1.29, 1.82) is 0 Å². The number of hydrogen-bond donors (Lipinski definition) is 1. The van der Waals surface area contributed by atoms with Crippen molar-refractivity contribution in [2.45, 2.75) is 64.5 Å². The van der Waals surface area contributed by atoms with Gasteiger partial charge in [0, 0.05) is 18.8 Å². The zero-order valence-electron chi connectivity index (χ0n) is 13.0. The van der Waals surface area contributed by atoms with Gasteiger partial charge in [-0.3, -0.25) is 0 Å². The summed E-state index contributed by atoms with van der Waals surface area (Å²) in [6.07, 6.45) is 9.57. The first-order valence-electron chi connectivity index (χ1n) is 8.16. The molecule has 2 atom stereocenters. The molecule has 1 N–H and O–H groups in total. The van der Waals surface area contributed by atoms with E-state index in [0.29, 0.717) is 12.6 Å². The van der Waals surface area contributed by atoms with Crippen molar-refractivity contribution < 1.29 is 4.74 Å². The van der Waals surface area contributed by atoms with Crippen LogP contribution in [0.15, 0.2) is 24.3 Å². The highest BCUT2D eigenvalue weighted by atomic mass is 16.5. The molecule has 1 aliphatic carbocycles. The lowest BCUT2D eigenvalue weighted by Gasteiger charge is -2.18. The van der Waals surface area contributed by atoms with Gasteiger partial charge in [-0.1, -0.05) is 44.7 Å². The summed E-state index contributed by atoms with van der Waals surface area (Å²) < 4.78 is 5.21. The van der Waals surface area contributed by atoms with Crippen molar-refractivity contribution in [3.63, 3.8) is 0 Å². The van der Waals surface area contributed by atoms with Gasteiger partial charge in [0.05, 0.1) is 6.61 Å². The van der Waals surface area contributed by atoms with Gasteiger partial charge in [-0.25, -0.2) is 0 Å². The molecule has 112 valence electrons. The number of ether oxygens (including phenoxy) is 1. The Kier molecular flexibility index (Phi) is 6.38. The van der Waals surface area contributed by atoms with Crippen LogP contribution in [0.3, 0.4) is 0 Å². The maximum atomic E-state index is 5.21. The minimum atomic E-state index is 0.648. The average molecular weight is 275 g/mol. The zero-order valence-corrected chi connectivity index (χ0v) is 13.0. The van der Waals surface area contributed by atoms with Crippen LogP contribution >= 0.6 is 0 Å². The summed E-state index contributed by atoms with van der Waals surface area (Å²) in [4.78, 5) is 0. The predicted molar refractivity (Wildman–Crippen MR) is 86.0 cm³/mol. The Bertz CT molecular complexity index is 391. The minimum absolute atomic E-state index is 0.648. The monoisotopic (exact) mass is 275 g/mol. The molecule has 20 heavy (non-hydrogen) atoms. The normalized spacial score (nSPS) is 23.3. The van der Waals surface area contributed by atoms with E-state index in [0.717, 1.165) is 5.92 Å². The number of hydrogen-bond acceptors (Lipinski definition) is 2. The second-order valence-electron chi connectivity index (χ2n) is 6.14. The van der Waals surface area contributed by atoms with Crippen molar-refractivity contribution in [2.24, 2.45) is 5.92 Å². The topological polar surface area (TPSA) is 21.3 Å². The van der Waals surface area contributed by atoms with E-state index in [1.54, 1.807) is 7.11 Å². The van der Waals surface area contributed by atoms with E-state index in [4.69, 9.17) is 4.74 Å². The van der Waals surface area contributed by atoms with Crippen LogP contribution in [-0.4, -0.2) is 13.2 Å². The summed E-state index contributed by atoms with van der Waals surface area (Å²) in [6.45, 7) is 3.00. The summed E-state index contributed by atoms with van der Waals surface area (Å²) in [5.41, 5.74) is 2.49. The fourth-order valence-corrected chi connectivity index (χ4v) is 3.37. The highest BCUT2D eigenvalue weighted by molar-refractivity contribution is 5.46. The van der Waals surface area contributed by atoms with Gasteiger partial charge in [0.1, 0.15) is 0 Å². The molecule has 0 saturated heterocycles. The molecule has 0 bridgehead atoms.